The van der Waals surface area contributed by atoms with E-state index in [0.717, 1.165) is 0 Å². The van der Waals surface area contributed by atoms with Crippen molar-refractivity contribution in [3.8, 4) is 0 Å². The van der Waals surface area contributed by atoms with Crippen molar-refractivity contribution in [3.63, 3.8) is 0 Å². The maximum atomic E-state index is 13.8. The average Bonchev–Trinajstić information content (AvgIpc) is 2.05. The Bertz CT molecular complexity index is 338. The molecule has 1 aromatic rings. The second-order valence-electron chi connectivity index (χ2n) is 3.16. The van der Waals surface area contributed by atoms with Crippen molar-refractivity contribution in [1.29, 1.82) is 0 Å². The Morgan fingerprint density at radius 1 is 1.62 bits per heavy atom. The second kappa shape index (κ2) is 2.82. The molecule has 13 heavy (non-hydrogen) atoms. The van der Waals surface area contributed by atoms with E-state index in [1.54, 1.807) is 0 Å². The lowest BCUT2D eigenvalue weighted by atomic mass is 9.90. The number of pyridine rings is 1. The quantitative estimate of drug-likeness (QED) is 0.715. The van der Waals surface area contributed by atoms with Crippen LogP contribution in [-0.4, -0.2) is 18.1 Å². The lowest BCUT2D eigenvalue weighted by Crippen LogP contribution is -2.54. The Labute approximate surface area is 80.1 Å². The van der Waals surface area contributed by atoms with Crippen LogP contribution in [0.1, 0.15) is 5.56 Å². The highest BCUT2D eigenvalue weighted by Crippen LogP contribution is 2.34. The third-order valence-corrected chi connectivity index (χ3v) is 2.38. The van der Waals surface area contributed by atoms with Gasteiger partial charge in [-0.05, 0) is 6.07 Å². The van der Waals surface area contributed by atoms with E-state index in [4.69, 9.17) is 17.3 Å². The van der Waals surface area contributed by atoms with Gasteiger partial charge in [0.25, 0.3) is 0 Å². The lowest BCUT2D eigenvalue weighted by Gasteiger charge is -2.35. The summed E-state index contributed by atoms with van der Waals surface area (Å²) in [5.74, 6) is 0.216. The predicted molar refractivity (Wildman–Crippen MR) is 49.3 cm³/mol. The van der Waals surface area contributed by atoms with Gasteiger partial charge in [-0.3, -0.25) is 0 Å². The summed E-state index contributed by atoms with van der Waals surface area (Å²) in [6, 6.07) is 1.53. The monoisotopic (exact) mass is 201 g/mol. The molecule has 0 unspecified atom stereocenters. The SMILES string of the molecule is Nc1ncc(Cl)cc1C1(F)CNC1. The molecule has 1 fully saturated rings. The lowest BCUT2D eigenvalue weighted by molar-refractivity contribution is 0.0897. The number of anilines is 1. The van der Waals surface area contributed by atoms with E-state index in [0.29, 0.717) is 10.6 Å². The average molecular weight is 202 g/mol. The summed E-state index contributed by atoms with van der Waals surface area (Å²) in [5, 5.41) is 3.26. The van der Waals surface area contributed by atoms with Gasteiger partial charge in [0.1, 0.15) is 5.82 Å². The van der Waals surface area contributed by atoms with Gasteiger partial charge < -0.3 is 11.1 Å². The molecule has 0 saturated carbocycles. The van der Waals surface area contributed by atoms with Gasteiger partial charge in [0.2, 0.25) is 0 Å². The molecule has 5 heteroatoms. The molecule has 2 rings (SSSR count). The fourth-order valence-electron chi connectivity index (χ4n) is 1.34. The Morgan fingerprint density at radius 3 is 2.85 bits per heavy atom. The van der Waals surface area contributed by atoms with Gasteiger partial charge in [-0.15, -0.1) is 0 Å². The minimum atomic E-state index is -1.39. The number of nitrogens with one attached hydrogen (secondary N) is 1. The van der Waals surface area contributed by atoms with Gasteiger partial charge in [-0.25, -0.2) is 9.37 Å². The van der Waals surface area contributed by atoms with Crippen LogP contribution in [0.4, 0.5) is 10.2 Å². The third kappa shape index (κ3) is 1.36. The van der Waals surface area contributed by atoms with E-state index in [1.165, 1.54) is 12.3 Å². The zero-order chi connectivity index (χ0) is 9.47. The number of nitrogen functional groups attached to an aromatic ring is 1. The van der Waals surface area contributed by atoms with Gasteiger partial charge in [0.15, 0.2) is 5.67 Å². The van der Waals surface area contributed by atoms with Crippen LogP contribution < -0.4 is 11.1 Å². The van der Waals surface area contributed by atoms with Crippen LogP contribution in [-0.2, 0) is 5.67 Å². The first-order chi connectivity index (χ1) is 6.12. The fourth-order valence-corrected chi connectivity index (χ4v) is 1.50. The molecule has 3 N–H and O–H groups in total. The summed E-state index contributed by atoms with van der Waals surface area (Å²) in [7, 11) is 0. The zero-order valence-corrected chi connectivity index (χ0v) is 7.61. The highest BCUT2D eigenvalue weighted by atomic mass is 35.5. The predicted octanol–water partition coefficient (Wildman–Crippen LogP) is 1.09. The molecular weight excluding hydrogens is 193 g/mol. The third-order valence-electron chi connectivity index (χ3n) is 2.18. The summed E-state index contributed by atoms with van der Waals surface area (Å²) in [4.78, 5) is 3.80. The van der Waals surface area contributed by atoms with Crippen LogP contribution in [0, 0.1) is 0 Å². The van der Waals surface area contributed by atoms with E-state index in [9.17, 15) is 4.39 Å². The number of alkyl halides is 1. The van der Waals surface area contributed by atoms with E-state index >= 15 is 0 Å². The van der Waals surface area contributed by atoms with Crippen molar-refractivity contribution in [2.24, 2.45) is 0 Å². The topological polar surface area (TPSA) is 50.9 Å². The summed E-state index contributed by atoms with van der Waals surface area (Å²) in [6.07, 6.45) is 1.41. The minimum Gasteiger partial charge on any atom is -0.383 e. The Kier molecular flexibility index (Phi) is 1.89. The van der Waals surface area contributed by atoms with Gasteiger partial charge in [0.05, 0.1) is 5.02 Å². The molecule has 1 aliphatic heterocycles. The number of hydrogen-bond donors (Lipinski definition) is 2. The summed E-state index contributed by atoms with van der Waals surface area (Å²) < 4.78 is 13.8. The number of aromatic nitrogens is 1. The second-order valence-corrected chi connectivity index (χ2v) is 3.59. The van der Waals surface area contributed by atoms with Crippen LogP contribution in [0.25, 0.3) is 0 Å². The standard InChI is InChI=1S/C8H9ClFN3/c9-5-1-6(7(11)13-2-5)8(10)3-12-4-8/h1-2,12H,3-4H2,(H2,11,13). The number of nitrogens with two attached hydrogens (primary N) is 1. The van der Waals surface area contributed by atoms with Crippen LogP contribution in [0.2, 0.25) is 5.02 Å². The van der Waals surface area contributed by atoms with Gasteiger partial charge >= 0.3 is 0 Å². The van der Waals surface area contributed by atoms with Crippen molar-refractivity contribution in [3.05, 3.63) is 22.8 Å². The van der Waals surface area contributed by atoms with Crippen molar-refractivity contribution in [2.75, 3.05) is 18.8 Å². The summed E-state index contributed by atoms with van der Waals surface area (Å²) in [6.45, 7) is 0.554. The van der Waals surface area contributed by atoms with Crippen molar-refractivity contribution in [2.45, 2.75) is 5.67 Å². The number of hydrogen-bond acceptors (Lipinski definition) is 3. The van der Waals surface area contributed by atoms with Gasteiger partial charge in [-0.2, -0.15) is 0 Å². The molecule has 1 aliphatic rings. The highest BCUT2D eigenvalue weighted by Gasteiger charge is 2.40. The summed E-state index contributed by atoms with van der Waals surface area (Å²) in [5.41, 5.74) is 4.55. The molecule has 1 aromatic heterocycles. The maximum Gasteiger partial charge on any atom is 0.164 e. The van der Waals surface area contributed by atoms with Crippen molar-refractivity contribution in [1.82, 2.24) is 10.3 Å². The number of nitrogens with zero attached hydrogens (tertiary/aromatic N) is 1. The number of halogens is 2. The molecule has 0 radical (unpaired) electrons. The first-order valence-corrected chi connectivity index (χ1v) is 4.31. The van der Waals surface area contributed by atoms with Crippen LogP contribution >= 0.6 is 11.6 Å². The largest absolute Gasteiger partial charge is 0.383 e. The van der Waals surface area contributed by atoms with Crippen molar-refractivity contribution >= 4 is 17.4 Å². The minimum absolute atomic E-state index is 0.216. The molecule has 3 nitrogen and oxygen atoms in total. The van der Waals surface area contributed by atoms with Crippen molar-refractivity contribution < 1.29 is 4.39 Å². The Hall–Kier alpha value is -0.870. The highest BCUT2D eigenvalue weighted by molar-refractivity contribution is 6.30. The molecule has 1 saturated heterocycles. The fraction of sp³-hybridized carbons (Fsp3) is 0.375. The van der Waals surface area contributed by atoms with E-state index in [1.807, 2.05) is 0 Å². The molecule has 0 bridgehead atoms. The van der Waals surface area contributed by atoms with Crippen LogP contribution in [0.5, 0.6) is 0 Å². The molecular formula is C8H9ClFN3. The molecule has 2 heterocycles. The van der Waals surface area contributed by atoms with E-state index in [2.05, 4.69) is 10.3 Å². The van der Waals surface area contributed by atoms with E-state index in [-0.39, 0.29) is 18.9 Å². The summed E-state index contributed by atoms with van der Waals surface area (Å²) >= 11 is 5.70. The molecule has 0 atom stereocenters. The molecule has 0 aliphatic carbocycles. The van der Waals surface area contributed by atoms with Crippen LogP contribution in [0.3, 0.4) is 0 Å². The Morgan fingerprint density at radius 2 is 2.31 bits per heavy atom. The first kappa shape index (κ1) is 8.72. The Balaban J connectivity index is 2.43. The zero-order valence-electron chi connectivity index (χ0n) is 6.85. The van der Waals surface area contributed by atoms with E-state index < -0.39 is 5.67 Å². The number of rotatable bonds is 1. The maximum absolute atomic E-state index is 13.8. The molecule has 70 valence electrons. The van der Waals surface area contributed by atoms with Crippen LogP contribution in [0.15, 0.2) is 12.3 Å². The van der Waals surface area contributed by atoms with Gasteiger partial charge in [-0.1, -0.05) is 11.6 Å². The molecule has 0 aromatic carbocycles. The molecule has 0 spiro atoms. The van der Waals surface area contributed by atoms with Gasteiger partial charge in [0, 0.05) is 24.8 Å². The first-order valence-electron chi connectivity index (χ1n) is 3.93. The smallest absolute Gasteiger partial charge is 0.164 e. The normalized spacial score (nSPS) is 19.5. The molecule has 0 amide bonds.